The van der Waals surface area contributed by atoms with E-state index in [9.17, 15) is 0 Å². The third kappa shape index (κ3) is 2.57. The predicted molar refractivity (Wildman–Crippen MR) is 87.1 cm³/mol. The molecular formula is C19H18N2. The number of aromatic nitrogens is 2. The number of hydrogen-bond donors (Lipinski definition) is 0. The first-order valence-electron chi connectivity index (χ1n) is 7.11. The zero-order valence-electron chi connectivity index (χ0n) is 12.6. The molecule has 2 nitrogen and oxygen atoms in total. The van der Waals surface area contributed by atoms with Gasteiger partial charge in [-0.2, -0.15) is 0 Å². The van der Waals surface area contributed by atoms with Gasteiger partial charge in [-0.05, 0) is 55.7 Å². The van der Waals surface area contributed by atoms with Crippen LogP contribution >= 0.6 is 0 Å². The fourth-order valence-electron chi connectivity index (χ4n) is 2.92. The van der Waals surface area contributed by atoms with Crippen molar-refractivity contribution in [3.63, 3.8) is 0 Å². The van der Waals surface area contributed by atoms with Gasteiger partial charge in [-0.25, -0.2) is 0 Å². The molecule has 0 N–H and O–H groups in total. The minimum Gasteiger partial charge on any atom is -0.255 e. The van der Waals surface area contributed by atoms with Crippen molar-refractivity contribution in [2.75, 3.05) is 0 Å². The molecule has 3 aromatic rings. The quantitative estimate of drug-likeness (QED) is 0.674. The number of benzene rings is 1. The number of nitrogens with zero attached hydrogens (tertiary/aromatic N) is 2. The Morgan fingerprint density at radius 2 is 1.48 bits per heavy atom. The van der Waals surface area contributed by atoms with Crippen molar-refractivity contribution in [3.8, 4) is 22.5 Å². The standard InChI is InChI=1S/C19H18N2/c1-13-11-14(2)18(15(3)12-13)16-7-6-10-21-19(16)17-8-4-5-9-20-17/h4-12H,1-3H3. The molecule has 1 aromatic carbocycles. The minimum atomic E-state index is 0.910. The molecule has 2 heterocycles. The van der Waals surface area contributed by atoms with Crippen molar-refractivity contribution in [3.05, 3.63) is 71.5 Å². The first-order valence-corrected chi connectivity index (χ1v) is 7.11. The molecule has 0 saturated heterocycles. The summed E-state index contributed by atoms with van der Waals surface area (Å²) in [5, 5.41) is 0. The molecule has 104 valence electrons. The second kappa shape index (κ2) is 5.49. The Morgan fingerprint density at radius 1 is 0.762 bits per heavy atom. The summed E-state index contributed by atoms with van der Waals surface area (Å²) in [6, 6.07) is 14.5. The van der Waals surface area contributed by atoms with Crippen LogP contribution in [0.25, 0.3) is 22.5 Å². The first kappa shape index (κ1) is 13.5. The number of hydrogen-bond acceptors (Lipinski definition) is 2. The van der Waals surface area contributed by atoms with Crippen LogP contribution in [0.4, 0.5) is 0 Å². The highest BCUT2D eigenvalue weighted by molar-refractivity contribution is 5.82. The maximum absolute atomic E-state index is 4.57. The van der Waals surface area contributed by atoms with Crippen LogP contribution in [0.1, 0.15) is 16.7 Å². The van der Waals surface area contributed by atoms with Gasteiger partial charge < -0.3 is 0 Å². The van der Waals surface area contributed by atoms with Gasteiger partial charge in [-0.1, -0.05) is 29.8 Å². The van der Waals surface area contributed by atoms with E-state index in [4.69, 9.17) is 0 Å². The van der Waals surface area contributed by atoms with E-state index in [0.717, 1.165) is 17.0 Å². The van der Waals surface area contributed by atoms with E-state index in [1.165, 1.54) is 22.3 Å². The zero-order chi connectivity index (χ0) is 14.8. The van der Waals surface area contributed by atoms with Gasteiger partial charge in [0.25, 0.3) is 0 Å². The highest BCUT2D eigenvalue weighted by atomic mass is 14.8. The Bertz CT molecular complexity index is 754. The Morgan fingerprint density at radius 3 is 2.14 bits per heavy atom. The van der Waals surface area contributed by atoms with Gasteiger partial charge in [0, 0.05) is 18.0 Å². The van der Waals surface area contributed by atoms with Gasteiger partial charge in [0.15, 0.2) is 0 Å². The third-order valence-electron chi connectivity index (χ3n) is 3.66. The fraction of sp³-hybridized carbons (Fsp3) is 0.158. The largest absolute Gasteiger partial charge is 0.255 e. The molecule has 0 aliphatic carbocycles. The molecule has 0 aliphatic rings. The average Bonchev–Trinajstić information content (AvgIpc) is 2.48. The lowest BCUT2D eigenvalue weighted by molar-refractivity contribution is 1.24. The van der Waals surface area contributed by atoms with Crippen LogP contribution in [-0.4, -0.2) is 9.97 Å². The maximum atomic E-state index is 4.57. The van der Waals surface area contributed by atoms with Crippen molar-refractivity contribution < 1.29 is 0 Å². The predicted octanol–water partition coefficient (Wildman–Crippen LogP) is 4.74. The average molecular weight is 274 g/mol. The Kier molecular flexibility index (Phi) is 3.53. The molecule has 0 spiro atoms. The number of rotatable bonds is 2. The van der Waals surface area contributed by atoms with Crippen molar-refractivity contribution in [1.82, 2.24) is 9.97 Å². The number of aryl methyl sites for hydroxylation is 3. The van der Waals surface area contributed by atoms with E-state index < -0.39 is 0 Å². The summed E-state index contributed by atoms with van der Waals surface area (Å²) < 4.78 is 0. The van der Waals surface area contributed by atoms with E-state index in [1.807, 2.05) is 36.7 Å². The van der Waals surface area contributed by atoms with Gasteiger partial charge in [0.05, 0.1) is 11.4 Å². The van der Waals surface area contributed by atoms with Crippen LogP contribution in [0, 0.1) is 20.8 Å². The molecule has 0 radical (unpaired) electrons. The Labute approximate surface area is 125 Å². The molecule has 3 rings (SSSR count). The summed E-state index contributed by atoms with van der Waals surface area (Å²) in [7, 11) is 0. The lowest BCUT2D eigenvalue weighted by Crippen LogP contribution is -1.95. The van der Waals surface area contributed by atoms with Gasteiger partial charge in [0.2, 0.25) is 0 Å². The van der Waals surface area contributed by atoms with Crippen LogP contribution in [-0.2, 0) is 0 Å². The van der Waals surface area contributed by atoms with Crippen LogP contribution in [0.5, 0.6) is 0 Å². The monoisotopic (exact) mass is 274 g/mol. The highest BCUT2D eigenvalue weighted by Crippen LogP contribution is 2.34. The smallest absolute Gasteiger partial charge is 0.0964 e. The van der Waals surface area contributed by atoms with Gasteiger partial charge in [-0.15, -0.1) is 0 Å². The normalized spacial score (nSPS) is 10.6. The summed E-state index contributed by atoms with van der Waals surface area (Å²) in [5.74, 6) is 0. The second-order valence-electron chi connectivity index (χ2n) is 5.39. The molecule has 0 atom stereocenters. The summed E-state index contributed by atoms with van der Waals surface area (Å²) >= 11 is 0. The molecule has 0 unspecified atom stereocenters. The SMILES string of the molecule is Cc1cc(C)c(-c2cccnc2-c2ccccn2)c(C)c1. The van der Waals surface area contributed by atoms with Gasteiger partial charge in [0.1, 0.15) is 0 Å². The Hall–Kier alpha value is -2.48. The van der Waals surface area contributed by atoms with E-state index in [1.54, 1.807) is 0 Å². The lowest BCUT2D eigenvalue weighted by Gasteiger charge is -2.14. The maximum Gasteiger partial charge on any atom is 0.0964 e. The molecule has 2 heteroatoms. The fourth-order valence-corrected chi connectivity index (χ4v) is 2.92. The summed E-state index contributed by atoms with van der Waals surface area (Å²) in [5.41, 5.74) is 8.09. The van der Waals surface area contributed by atoms with Crippen molar-refractivity contribution in [2.24, 2.45) is 0 Å². The van der Waals surface area contributed by atoms with Crippen LogP contribution < -0.4 is 0 Å². The molecule has 2 aromatic heterocycles. The first-order chi connectivity index (χ1) is 10.2. The van der Waals surface area contributed by atoms with Crippen LogP contribution in [0.2, 0.25) is 0 Å². The number of pyridine rings is 2. The summed E-state index contributed by atoms with van der Waals surface area (Å²) in [4.78, 5) is 9.02. The van der Waals surface area contributed by atoms with Crippen molar-refractivity contribution in [2.45, 2.75) is 20.8 Å². The van der Waals surface area contributed by atoms with Crippen LogP contribution in [0.15, 0.2) is 54.9 Å². The van der Waals surface area contributed by atoms with Crippen molar-refractivity contribution in [1.29, 1.82) is 0 Å². The van der Waals surface area contributed by atoms with Crippen LogP contribution in [0.3, 0.4) is 0 Å². The van der Waals surface area contributed by atoms with Crippen molar-refractivity contribution >= 4 is 0 Å². The molecule has 0 fully saturated rings. The molecule has 0 bridgehead atoms. The highest BCUT2D eigenvalue weighted by Gasteiger charge is 2.13. The minimum absolute atomic E-state index is 0.910. The lowest BCUT2D eigenvalue weighted by atomic mass is 9.92. The van der Waals surface area contributed by atoms with Gasteiger partial charge >= 0.3 is 0 Å². The summed E-state index contributed by atoms with van der Waals surface area (Å²) in [6.45, 7) is 6.45. The van der Waals surface area contributed by atoms with E-state index >= 15 is 0 Å². The molecule has 0 aliphatic heterocycles. The van der Waals surface area contributed by atoms with E-state index in [0.29, 0.717) is 0 Å². The third-order valence-corrected chi connectivity index (χ3v) is 3.66. The second-order valence-corrected chi connectivity index (χ2v) is 5.39. The topological polar surface area (TPSA) is 25.8 Å². The summed E-state index contributed by atoms with van der Waals surface area (Å²) in [6.07, 6.45) is 3.63. The molecule has 21 heavy (non-hydrogen) atoms. The van der Waals surface area contributed by atoms with Gasteiger partial charge in [-0.3, -0.25) is 9.97 Å². The molecule has 0 amide bonds. The molecule has 0 saturated carbocycles. The molecular weight excluding hydrogens is 256 g/mol. The van der Waals surface area contributed by atoms with E-state index in [-0.39, 0.29) is 0 Å². The Balaban J connectivity index is 2.26. The zero-order valence-corrected chi connectivity index (χ0v) is 12.6. The van der Waals surface area contributed by atoms with E-state index in [2.05, 4.69) is 48.9 Å².